The molecule has 0 aliphatic carbocycles. The lowest BCUT2D eigenvalue weighted by Gasteiger charge is -2.27. The first-order valence-electron chi connectivity index (χ1n) is 7.10. The zero-order chi connectivity index (χ0) is 14.5. The Morgan fingerprint density at radius 1 is 1.10 bits per heavy atom. The number of hydrogen-bond donors (Lipinski definition) is 2. The summed E-state index contributed by atoms with van der Waals surface area (Å²) in [6.45, 7) is 0.513. The van der Waals surface area contributed by atoms with Gasteiger partial charge < -0.3 is 15.3 Å². The Hall–Kier alpha value is -2.33. The molecule has 1 aliphatic rings. The minimum absolute atomic E-state index is 0.0317. The molecule has 1 heterocycles. The molecule has 0 radical (unpaired) electrons. The van der Waals surface area contributed by atoms with Gasteiger partial charge in [-0.05, 0) is 17.7 Å². The Balaban J connectivity index is 1.91. The van der Waals surface area contributed by atoms with E-state index in [2.05, 4.69) is 22.7 Å². The van der Waals surface area contributed by atoms with Crippen LogP contribution in [0.25, 0.3) is 0 Å². The number of aliphatic hydroxyl groups excluding tert-OH is 1. The summed E-state index contributed by atoms with van der Waals surface area (Å²) in [5.74, 6) is 0.849. The molecule has 4 heteroatoms. The van der Waals surface area contributed by atoms with Crippen LogP contribution >= 0.6 is 0 Å². The highest BCUT2D eigenvalue weighted by molar-refractivity contribution is 6.03. The number of rotatable bonds is 4. The topological polar surface area (TPSA) is 53.8 Å². The summed E-state index contributed by atoms with van der Waals surface area (Å²) in [7, 11) is 0. The molecule has 0 saturated heterocycles. The van der Waals surface area contributed by atoms with Crippen molar-refractivity contribution in [1.82, 2.24) is 5.43 Å². The number of nitrogens with one attached hydrogen (secondary N) is 1. The average molecular weight is 282 g/mol. The number of nitrogens with zero attached hydrogens (tertiary/aromatic N) is 1. The number of para-hydroxylation sites is 1. The van der Waals surface area contributed by atoms with Gasteiger partial charge in [0, 0.05) is 12.0 Å². The molecule has 108 valence electrons. The second kappa shape index (κ2) is 6.41. The SMILES string of the molecule is OCCN/N=C1\CC(c2ccccc2)Oc2ccccc21. The molecule has 0 bridgehead atoms. The van der Waals surface area contributed by atoms with Crippen LogP contribution < -0.4 is 10.2 Å². The van der Waals surface area contributed by atoms with Gasteiger partial charge in [-0.2, -0.15) is 5.10 Å². The Morgan fingerprint density at radius 2 is 1.86 bits per heavy atom. The molecule has 0 fully saturated rings. The van der Waals surface area contributed by atoms with Crippen LogP contribution in [0.1, 0.15) is 23.7 Å². The largest absolute Gasteiger partial charge is 0.485 e. The van der Waals surface area contributed by atoms with Gasteiger partial charge in [0.05, 0.1) is 18.9 Å². The van der Waals surface area contributed by atoms with Gasteiger partial charge in [-0.25, -0.2) is 0 Å². The molecule has 3 rings (SSSR count). The quantitative estimate of drug-likeness (QED) is 0.669. The number of hydrogen-bond acceptors (Lipinski definition) is 4. The first kappa shape index (κ1) is 13.6. The summed E-state index contributed by atoms with van der Waals surface area (Å²) in [5, 5.41) is 13.3. The number of hydrazone groups is 1. The van der Waals surface area contributed by atoms with E-state index in [0.717, 1.165) is 22.6 Å². The molecule has 4 nitrogen and oxygen atoms in total. The van der Waals surface area contributed by atoms with Crippen molar-refractivity contribution < 1.29 is 9.84 Å². The lowest BCUT2D eigenvalue weighted by Crippen LogP contribution is -2.24. The molecule has 2 aromatic rings. The number of ether oxygens (including phenoxy) is 1. The highest BCUT2D eigenvalue weighted by Crippen LogP contribution is 2.34. The van der Waals surface area contributed by atoms with Crippen molar-refractivity contribution in [2.75, 3.05) is 13.2 Å². The fourth-order valence-corrected chi connectivity index (χ4v) is 2.45. The molecule has 2 N–H and O–H groups in total. The second-order valence-corrected chi connectivity index (χ2v) is 4.91. The number of fused-ring (bicyclic) bond motifs is 1. The highest BCUT2D eigenvalue weighted by atomic mass is 16.5. The van der Waals surface area contributed by atoms with Gasteiger partial charge in [-0.15, -0.1) is 0 Å². The van der Waals surface area contributed by atoms with Crippen molar-refractivity contribution >= 4 is 5.71 Å². The first-order chi connectivity index (χ1) is 10.4. The smallest absolute Gasteiger partial charge is 0.129 e. The van der Waals surface area contributed by atoms with E-state index < -0.39 is 0 Å². The second-order valence-electron chi connectivity index (χ2n) is 4.91. The van der Waals surface area contributed by atoms with Crippen LogP contribution in [0.15, 0.2) is 59.7 Å². The van der Waals surface area contributed by atoms with Crippen molar-refractivity contribution in [1.29, 1.82) is 0 Å². The summed E-state index contributed by atoms with van der Waals surface area (Å²) in [5.41, 5.74) is 6.01. The van der Waals surface area contributed by atoms with Crippen molar-refractivity contribution in [3.05, 3.63) is 65.7 Å². The maximum absolute atomic E-state index is 8.86. The van der Waals surface area contributed by atoms with E-state index in [9.17, 15) is 0 Å². The molecule has 21 heavy (non-hydrogen) atoms. The van der Waals surface area contributed by atoms with Gasteiger partial charge in [0.25, 0.3) is 0 Å². The minimum Gasteiger partial charge on any atom is -0.485 e. The van der Waals surface area contributed by atoms with E-state index in [0.29, 0.717) is 13.0 Å². The van der Waals surface area contributed by atoms with Crippen LogP contribution in [-0.4, -0.2) is 24.0 Å². The van der Waals surface area contributed by atoms with E-state index >= 15 is 0 Å². The molecule has 0 saturated carbocycles. The van der Waals surface area contributed by atoms with E-state index in [1.54, 1.807) is 0 Å². The first-order valence-corrected chi connectivity index (χ1v) is 7.10. The predicted molar refractivity (Wildman–Crippen MR) is 82.5 cm³/mol. The van der Waals surface area contributed by atoms with Gasteiger partial charge >= 0.3 is 0 Å². The molecule has 0 spiro atoms. The lowest BCUT2D eigenvalue weighted by molar-refractivity contribution is 0.206. The number of benzene rings is 2. The fourth-order valence-electron chi connectivity index (χ4n) is 2.45. The van der Waals surface area contributed by atoms with Crippen LogP contribution in [0.2, 0.25) is 0 Å². The average Bonchev–Trinajstić information content (AvgIpc) is 2.55. The molecule has 0 aromatic heterocycles. The maximum Gasteiger partial charge on any atom is 0.129 e. The van der Waals surface area contributed by atoms with Gasteiger partial charge in [0.1, 0.15) is 11.9 Å². The van der Waals surface area contributed by atoms with Crippen LogP contribution in [0, 0.1) is 0 Å². The maximum atomic E-state index is 8.86. The monoisotopic (exact) mass is 282 g/mol. The molecule has 1 atom stereocenters. The lowest BCUT2D eigenvalue weighted by atomic mass is 9.96. The highest BCUT2D eigenvalue weighted by Gasteiger charge is 2.25. The Morgan fingerprint density at radius 3 is 2.67 bits per heavy atom. The van der Waals surface area contributed by atoms with E-state index in [1.165, 1.54) is 0 Å². The van der Waals surface area contributed by atoms with Crippen molar-refractivity contribution in [2.24, 2.45) is 5.10 Å². The predicted octanol–water partition coefficient (Wildman–Crippen LogP) is 2.50. The normalized spacial score (nSPS) is 18.9. The molecule has 2 aromatic carbocycles. The van der Waals surface area contributed by atoms with Gasteiger partial charge in [-0.3, -0.25) is 0 Å². The zero-order valence-corrected chi connectivity index (χ0v) is 11.7. The van der Waals surface area contributed by atoms with Crippen molar-refractivity contribution in [3.63, 3.8) is 0 Å². The molecular weight excluding hydrogens is 264 g/mol. The fraction of sp³-hybridized carbons (Fsp3) is 0.235. The van der Waals surface area contributed by atoms with Crippen molar-refractivity contribution in [2.45, 2.75) is 12.5 Å². The van der Waals surface area contributed by atoms with Crippen LogP contribution in [0.5, 0.6) is 5.75 Å². The molecule has 1 aliphatic heterocycles. The van der Waals surface area contributed by atoms with Crippen LogP contribution in [0.4, 0.5) is 0 Å². The summed E-state index contributed by atoms with van der Waals surface area (Å²) < 4.78 is 6.10. The minimum atomic E-state index is -0.0317. The van der Waals surface area contributed by atoms with Crippen LogP contribution in [-0.2, 0) is 0 Å². The Kier molecular flexibility index (Phi) is 4.17. The van der Waals surface area contributed by atoms with E-state index in [4.69, 9.17) is 9.84 Å². The third kappa shape index (κ3) is 3.06. The molecule has 0 amide bonds. The molecular formula is C17H18N2O2. The van der Waals surface area contributed by atoms with E-state index in [1.807, 2.05) is 42.5 Å². The number of aliphatic hydroxyl groups is 1. The summed E-state index contributed by atoms with van der Waals surface area (Å²) in [6, 6.07) is 18.1. The summed E-state index contributed by atoms with van der Waals surface area (Å²) >= 11 is 0. The van der Waals surface area contributed by atoms with Crippen LogP contribution in [0.3, 0.4) is 0 Å². The van der Waals surface area contributed by atoms with Crippen molar-refractivity contribution in [3.8, 4) is 5.75 Å². The zero-order valence-electron chi connectivity index (χ0n) is 11.7. The third-order valence-electron chi connectivity index (χ3n) is 3.45. The third-order valence-corrected chi connectivity index (χ3v) is 3.45. The Labute approximate surface area is 124 Å². The Bertz CT molecular complexity index is 626. The van der Waals surface area contributed by atoms with E-state index in [-0.39, 0.29) is 12.7 Å². The van der Waals surface area contributed by atoms with Gasteiger partial charge in [-0.1, -0.05) is 42.5 Å². The van der Waals surface area contributed by atoms with Gasteiger partial charge in [0.2, 0.25) is 0 Å². The standard InChI is InChI=1S/C17H18N2O2/c20-11-10-18-19-15-12-17(13-6-2-1-3-7-13)21-16-9-5-4-8-14(15)16/h1-9,17-18,20H,10-12H2/b19-15+. The van der Waals surface area contributed by atoms with Gasteiger partial charge in [0.15, 0.2) is 0 Å². The summed E-state index contributed by atoms with van der Waals surface area (Å²) in [6.07, 6.45) is 0.676. The molecule has 1 unspecified atom stereocenters. The summed E-state index contributed by atoms with van der Waals surface area (Å²) in [4.78, 5) is 0.